The van der Waals surface area contributed by atoms with Gasteiger partial charge in [0.05, 0.1) is 24.7 Å². The van der Waals surface area contributed by atoms with Gasteiger partial charge in [0.25, 0.3) is 0 Å². The van der Waals surface area contributed by atoms with Gasteiger partial charge in [-0.2, -0.15) is 5.26 Å². The Morgan fingerprint density at radius 2 is 1.82 bits per heavy atom. The summed E-state index contributed by atoms with van der Waals surface area (Å²) in [6.07, 6.45) is 0.307. The predicted molar refractivity (Wildman–Crippen MR) is 83.9 cm³/mol. The molecule has 1 N–H and O–H groups in total. The average molecular weight is 297 g/mol. The Bertz CT molecular complexity index is 667. The SMILES string of the molecule is N#CCCN(CC(=O)Nc1ccccc1F)c1ccccc1. The van der Waals surface area contributed by atoms with Crippen molar-refractivity contribution in [2.24, 2.45) is 0 Å². The highest BCUT2D eigenvalue weighted by molar-refractivity contribution is 5.94. The maximum absolute atomic E-state index is 13.5. The summed E-state index contributed by atoms with van der Waals surface area (Å²) in [7, 11) is 0. The second-order valence-corrected chi connectivity index (χ2v) is 4.69. The molecule has 0 unspecified atom stereocenters. The van der Waals surface area contributed by atoms with Gasteiger partial charge in [0, 0.05) is 12.2 Å². The second kappa shape index (κ2) is 7.79. The highest BCUT2D eigenvalue weighted by Crippen LogP contribution is 2.15. The van der Waals surface area contributed by atoms with Gasteiger partial charge < -0.3 is 10.2 Å². The van der Waals surface area contributed by atoms with Gasteiger partial charge >= 0.3 is 0 Å². The molecule has 0 atom stereocenters. The molecule has 0 aliphatic carbocycles. The van der Waals surface area contributed by atoms with E-state index in [1.807, 2.05) is 30.3 Å². The standard InChI is InChI=1S/C17H16FN3O/c18-15-9-4-5-10-16(15)20-17(22)13-21(12-6-11-19)14-7-2-1-3-8-14/h1-5,7-10H,6,12-13H2,(H,20,22). The summed E-state index contributed by atoms with van der Waals surface area (Å²) in [5, 5.41) is 11.3. The molecule has 0 heterocycles. The van der Waals surface area contributed by atoms with E-state index in [4.69, 9.17) is 5.26 Å². The smallest absolute Gasteiger partial charge is 0.243 e. The number of para-hydroxylation sites is 2. The number of halogens is 1. The molecule has 0 radical (unpaired) electrons. The molecule has 5 heteroatoms. The quantitative estimate of drug-likeness (QED) is 0.891. The zero-order valence-corrected chi connectivity index (χ0v) is 12.0. The largest absolute Gasteiger partial charge is 0.361 e. The predicted octanol–water partition coefficient (Wildman–Crippen LogP) is 3.18. The molecular weight excluding hydrogens is 281 g/mol. The maximum atomic E-state index is 13.5. The minimum Gasteiger partial charge on any atom is -0.361 e. The zero-order chi connectivity index (χ0) is 15.8. The van der Waals surface area contributed by atoms with Gasteiger partial charge in [-0.3, -0.25) is 4.79 Å². The molecule has 0 saturated carbocycles. The third-order valence-corrected chi connectivity index (χ3v) is 3.10. The Morgan fingerprint density at radius 1 is 1.14 bits per heavy atom. The van der Waals surface area contributed by atoms with Crippen LogP contribution in [0.4, 0.5) is 15.8 Å². The van der Waals surface area contributed by atoms with E-state index in [0.29, 0.717) is 13.0 Å². The van der Waals surface area contributed by atoms with Crippen LogP contribution in [0.5, 0.6) is 0 Å². The van der Waals surface area contributed by atoms with Crippen molar-refractivity contribution in [2.45, 2.75) is 6.42 Å². The minimum atomic E-state index is -0.473. The number of rotatable bonds is 6. The first-order valence-corrected chi connectivity index (χ1v) is 6.92. The third kappa shape index (κ3) is 4.32. The van der Waals surface area contributed by atoms with Gasteiger partial charge in [0.1, 0.15) is 5.82 Å². The highest BCUT2D eigenvalue weighted by atomic mass is 19.1. The lowest BCUT2D eigenvalue weighted by molar-refractivity contribution is -0.115. The van der Waals surface area contributed by atoms with Crippen molar-refractivity contribution in [3.63, 3.8) is 0 Å². The van der Waals surface area contributed by atoms with Crippen LogP contribution in [0.3, 0.4) is 0 Å². The van der Waals surface area contributed by atoms with Crippen LogP contribution in [-0.2, 0) is 4.79 Å². The van der Waals surface area contributed by atoms with E-state index in [0.717, 1.165) is 5.69 Å². The maximum Gasteiger partial charge on any atom is 0.243 e. The molecule has 0 aliphatic heterocycles. The van der Waals surface area contributed by atoms with Gasteiger partial charge in [0.2, 0.25) is 5.91 Å². The highest BCUT2D eigenvalue weighted by Gasteiger charge is 2.12. The summed E-state index contributed by atoms with van der Waals surface area (Å²) in [5.41, 5.74) is 1.00. The van der Waals surface area contributed by atoms with Crippen molar-refractivity contribution in [1.82, 2.24) is 0 Å². The summed E-state index contributed by atoms with van der Waals surface area (Å²) in [6.45, 7) is 0.491. The van der Waals surface area contributed by atoms with E-state index in [2.05, 4.69) is 11.4 Å². The van der Waals surface area contributed by atoms with E-state index in [9.17, 15) is 9.18 Å². The number of amides is 1. The third-order valence-electron chi connectivity index (χ3n) is 3.10. The first-order valence-electron chi connectivity index (χ1n) is 6.92. The molecule has 0 aliphatic rings. The van der Waals surface area contributed by atoms with E-state index >= 15 is 0 Å². The molecule has 0 fully saturated rings. The molecule has 2 aromatic carbocycles. The van der Waals surface area contributed by atoms with E-state index in [1.54, 1.807) is 17.0 Å². The zero-order valence-electron chi connectivity index (χ0n) is 12.0. The van der Waals surface area contributed by atoms with E-state index in [-0.39, 0.29) is 18.1 Å². The lowest BCUT2D eigenvalue weighted by Gasteiger charge is -2.23. The number of anilines is 2. The fourth-order valence-corrected chi connectivity index (χ4v) is 2.05. The van der Waals surface area contributed by atoms with E-state index < -0.39 is 5.82 Å². The van der Waals surface area contributed by atoms with Crippen LogP contribution in [0.25, 0.3) is 0 Å². The van der Waals surface area contributed by atoms with Crippen LogP contribution in [0.15, 0.2) is 54.6 Å². The molecule has 4 nitrogen and oxygen atoms in total. The summed E-state index contributed by atoms with van der Waals surface area (Å²) < 4.78 is 13.5. The van der Waals surface area contributed by atoms with Crippen LogP contribution < -0.4 is 10.2 Å². The van der Waals surface area contributed by atoms with Crippen molar-refractivity contribution >= 4 is 17.3 Å². The molecule has 2 rings (SSSR count). The number of nitrogens with zero attached hydrogens (tertiary/aromatic N) is 2. The van der Waals surface area contributed by atoms with Crippen LogP contribution >= 0.6 is 0 Å². The number of hydrogen-bond acceptors (Lipinski definition) is 3. The number of nitrogens with one attached hydrogen (secondary N) is 1. The molecular formula is C17H16FN3O. The minimum absolute atomic E-state index is 0.0556. The Hall–Kier alpha value is -2.87. The lowest BCUT2D eigenvalue weighted by Crippen LogP contribution is -2.34. The molecule has 2 aromatic rings. The van der Waals surface area contributed by atoms with Crippen molar-refractivity contribution in [3.05, 3.63) is 60.4 Å². The normalized spacial score (nSPS) is 9.82. The molecule has 0 saturated heterocycles. The second-order valence-electron chi connectivity index (χ2n) is 4.69. The van der Waals surface area contributed by atoms with Crippen molar-refractivity contribution in [1.29, 1.82) is 5.26 Å². The Kier molecular flexibility index (Phi) is 5.50. The van der Waals surface area contributed by atoms with Crippen LogP contribution in [0.1, 0.15) is 6.42 Å². The number of benzene rings is 2. The molecule has 0 spiro atoms. The van der Waals surface area contributed by atoms with Gasteiger partial charge in [-0.15, -0.1) is 0 Å². The Labute approximate surface area is 128 Å². The van der Waals surface area contributed by atoms with E-state index in [1.165, 1.54) is 12.1 Å². The topological polar surface area (TPSA) is 56.1 Å². The monoisotopic (exact) mass is 297 g/mol. The fraction of sp³-hybridized carbons (Fsp3) is 0.176. The van der Waals surface area contributed by atoms with Crippen molar-refractivity contribution < 1.29 is 9.18 Å². The summed E-state index contributed by atoms with van der Waals surface area (Å²) in [5.74, 6) is -0.800. The van der Waals surface area contributed by atoms with Crippen molar-refractivity contribution in [3.8, 4) is 6.07 Å². The molecule has 0 aromatic heterocycles. The first kappa shape index (κ1) is 15.5. The van der Waals surface area contributed by atoms with Gasteiger partial charge in [0.15, 0.2) is 0 Å². The van der Waals surface area contributed by atoms with Gasteiger partial charge in [-0.1, -0.05) is 30.3 Å². The summed E-state index contributed by atoms with van der Waals surface area (Å²) in [6, 6.07) is 17.4. The molecule has 0 bridgehead atoms. The van der Waals surface area contributed by atoms with Crippen LogP contribution in [0.2, 0.25) is 0 Å². The number of carbonyl (C=O) groups excluding carboxylic acids is 1. The van der Waals surface area contributed by atoms with Crippen LogP contribution in [-0.4, -0.2) is 19.0 Å². The Balaban J connectivity index is 2.05. The average Bonchev–Trinajstić information content (AvgIpc) is 2.54. The lowest BCUT2D eigenvalue weighted by atomic mass is 10.2. The number of hydrogen-bond donors (Lipinski definition) is 1. The Morgan fingerprint density at radius 3 is 2.50 bits per heavy atom. The first-order chi connectivity index (χ1) is 10.7. The van der Waals surface area contributed by atoms with Gasteiger partial charge in [-0.05, 0) is 24.3 Å². The fourth-order valence-electron chi connectivity index (χ4n) is 2.05. The summed E-state index contributed by atoms with van der Waals surface area (Å²) >= 11 is 0. The molecule has 112 valence electrons. The van der Waals surface area contributed by atoms with Crippen LogP contribution in [0, 0.1) is 17.1 Å². The summed E-state index contributed by atoms with van der Waals surface area (Å²) in [4.78, 5) is 13.9. The number of nitriles is 1. The number of carbonyl (C=O) groups is 1. The molecule has 1 amide bonds. The van der Waals surface area contributed by atoms with Crippen molar-refractivity contribution in [2.75, 3.05) is 23.3 Å². The molecule has 22 heavy (non-hydrogen) atoms. The van der Waals surface area contributed by atoms with Gasteiger partial charge in [-0.25, -0.2) is 4.39 Å².